The number of nitrogens with one attached hydrogen (secondary N) is 1. The highest BCUT2D eigenvalue weighted by molar-refractivity contribution is 9.10. The van der Waals surface area contributed by atoms with Gasteiger partial charge in [0.25, 0.3) is 0 Å². The second kappa shape index (κ2) is 4.73. The van der Waals surface area contributed by atoms with Gasteiger partial charge in [0.05, 0.1) is 6.04 Å². The molecule has 0 aromatic heterocycles. The van der Waals surface area contributed by atoms with Crippen molar-refractivity contribution in [1.82, 2.24) is 5.43 Å². The Hall–Kier alpha value is -0.640. The Balaban J connectivity index is 3.15. The lowest BCUT2D eigenvalue weighted by Crippen LogP contribution is -2.28. The Morgan fingerprint density at radius 1 is 1.57 bits per heavy atom. The van der Waals surface area contributed by atoms with E-state index in [9.17, 15) is 0 Å². The molecule has 0 aliphatic carbocycles. The molecule has 0 fully saturated rings. The third-order valence-corrected chi connectivity index (χ3v) is 2.84. The normalized spacial score (nSPS) is 12.6. The molecule has 1 unspecified atom stereocenters. The molecule has 0 saturated carbocycles. The van der Waals surface area contributed by atoms with Crippen LogP contribution in [-0.2, 0) is 0 Å². The molecular weight excluding hydrogens is 240 g/mol. The molecular formula is C11H15BrN2. The standard InChI is InChI=1S/C11H15BrN2/c1-7(2)11(14-13)9-6-8(3)4-5-10(9)12/h4-6,11,14H,1,13H2,2-3H3. The van der Waals surface area contributed by atoms with Crippen molar-refractivity contribution in [1.29, 1.82) is 0 Å². The fourth-order valence-electron chi connectivity index (χ4n) is 1.38. The van der Waals surface area contributed by atoms with E-state index in [0.29, 0.717) is 0 Å². The monoisotopic (exact) mass is 254 g/mol. The van der Waals surface area contributed by atoms with E-state index in [-0.39, 0.29) is 6.04 Å². The number of hydrogen-bond donors (Lipinski definition) is 2. The van der Waals surface area contributed by atoms with E-state index in [1.165, 1.54) is 5.56 Å². The second-order valence-corrected chi connectivity index (χ2v) is 4.33. The summed E-state index contributed by atoms with van der Waals surface area (Å²) in [6.45, 7) is 7.93. The minimum Gasteiger partial charge on any atom is -0.271 e. The first-order valence-electron chi connectivity index (χ1n) is 4.44. The Morgan fingerprint density at radius 2 is 2.21 bits per heavy atom. The van der Waals surface area contributed by atoms with Gasteiger partial charge in [-0.2, -0.15) is 0 Å². The Bertz CT molecular complexity index is 347. The van der Waals surface area contributed by atoms with E-state index < -0.39 is 0 Å². The van der Waals surface area contributed by atoms with Gasteiger partial charge in [-0.1, -0.05) is 45.8 Å². The molecule has 1 aromatic carbocycles. The van der Waals surface area contributed by atoms with Crippen LogP contribution in [0.1, 0.15) is 24.1 Å². The van der Waals surface area contributed by atoms with Crippen molar-refractivity contribution in [2.75, 3.05) is 0 Å². The zero-order chi connectivity index (χ0) is 10.7. The number of hydrogen-bond acceptors (Lipinski definition) is 2. The zero-order valence-electron chi connectivity index (χ0n) is 8.47. The highest BCUT2D eigenvalue weighted by atomic mass is 79.9. The number of nitrogens with two attached hydrogens (primary N) is 1. The Labute approximate surface area is 93.3 Å². The summed E-state index contributed by atoms with van der Waals surface area (Å²) < 4.78 is 1.05. The van der Waals surface area contributed by atoms with E-state index in [1.54, 1.807) is 0 Å². The van der Waals surface area contributed by atoms with Gasteiger partial charge in [-0.15, -0.1) is 0 Å². The van der Waals surface area contributed by atoms with Gasteiger partial charge in [0.15, 0.2) is 0 Å². The molecule has 0 spiro atoms. The lowest BCUT2D eigenvalue weighted by molar-refractivity contribution is 0.624. The molecule has 0 saturated heterocycles. The third-order valence-electron chi connectivity index (χ3n) is 2.12. The molecule has 76 valence electrons. The SMILES string of the molecule is C=C(C)C(NN)c1cc(C)ccc1Br. The quantitative estimate of drug-likeness (QED) is 0.495. The van der Waals surface area contributed by atoms with Crippen molar-refractivity contribution >= 4 is 15.9 Å². The molecule has 0 bridgehead atoms. The van der Waals surface area contributed by atoms with Gasteiger partial charge in [-0.05, 0) is 25.5 Å². The van der Waals surface area contributed by atoms with E-state index in [1.807, 2.05) is 13.0 Å². The lowest BCUT2D eigenvalue weighted by Gasteiger charge is -2.18. The fourth-order valence-corrected chi connectivity index (χ4v) is 1.86. The van der Waals surface area contributed by atoms with Gasteiger partial charge in [-0.25, -0.2) is 5.43 Å². The van der Waals surface area contributed by atoms with Gasteiger partial charge in [0, 0.05) is 4.47 Å². The third kappa shape index (κ3) is 2.44. The first-order valence-corrected chi connectivity index (χ1v) is 5.23. The molecule has 0 aliphatic heterocycles. The first-order chi connectivity index (χ1) is 6.56. The maximum atomic E-state index is 5.49. The van der Waals surface area contributed by atoms with Crippen LogP contribution in [0.25, 0.3) is 0 Å². The molecule has 0 amide bonds. The van der Waals surface area contributed by atoms with Crippen LogP contribution in [0.3, 0.4) is 0 Å². The maximum Gasteiger partial charge on any atom is 0.0675 e. The van der Waals surface area contributed by atoms with Crippen LogP contribution in [0.15, 0.2) is 34.8 Å². The number of rotatable bonds is 3. The van der Waals surface area contributed by atoms with E-state index in [4.69, 9.17) is 5.84 Å². The number of hydrazine groups is 1. The topological polar surface area (TPSA) is 38.0 Å². The van der Waals surface area contributed by atoms with Gasteiger partial charge in [0.1, 0.15) is 0 Å². The molecule has 0 heterocycles. The van der Waals surface area contributed by atoms with E-state index in [0.717, 1.165) is 15.6 Å². The molecule has 0 aliphatic rings. The number of benzene rings is 1. The largest absolute Gasteiger partial charge is 0.271 e. The van der Waals surface area contributed by atoms with Crippen molar-refractivity contribution in [3.63, 3.8) is 0 Å². The summed E-state index contributed by atoms with van der Waals surface area (Å²) in [7, 11) is 0. The minimum absolute atomic E-state index is 0.00396. The van der Waals surface area contributed by atoms with Crippen LogP contribution < -0.4 is 11.3 Å². The van der Waals surface area contributed by atoms with Gasteiger partial charge >= 0.3 is 0 Å². The molecule has 1 rings (SSSR count). The van der Waals surface area contributed by atoms with Crippen molar-refractivity contribution in [2.24, 2.45) is 5.84 Å². The molecule has 0 radical (unpaired) electrons. The van der Waals surface area contributed by atoms with Crippen LogP contribution in [0.4, 0.5) is 0 Å². The average molecular weight is 255 g/mol. The van der Waals surface area contributed by atoms with Crippen LogP contribution in [-0.4, -0.2) is 0 Å². The van der Waals surface area contributed by atoms with E-state index in [2.05, 4.69) is 47.0 Å². The van der Waals surface area contributed by atoms with Gasteiger partial charge < -0.3 is 0 Å². The highest BCUT2D eigenvalue weighted by Crippen LogP contribution is 2.27. The van der Waals surface area contributed by atoms with Gasteiger partial charge in [0.2, 0.25) is 0 Å². The van der Waals surface area contributed by atoms with E-state index >= 15 is 0 Å². The van der Waals surface area contributed by atoms with Crippen molar-refractivity contribution in [3.05, 3.63) is 46.0 Å². The van der Waals surface area contributed by atoms with Crippen molar-refractivity contribution in [3.8, 4) is 0 Å². The van der Waals surface area contributed by atoms with Crippen LogP contribution in [0.2, 0.25) is 0 Å². The maximum absolute atomic E-state index is 5.49. The molecule has 3 N–H and O–H groups in total. The van der Waals surface area contributed by atoms with Crippen LogP contribution in [0.5, 0.6) is 0 Å². The molecule has 14 heavy (non-hydrogen) atoms. The summed E-state index contributed by atoms with van der Waals surface area (Å²) >= 11 is 3.50. The predicted molar refractivity (Wildman–Crippen MR) is 63.8 cm³/mol. The summed E-state index contributed by atoms with van der Waals surface area (Å²) in [6.07, 6.45) is 0. The molecule has 2 nitrogen and oxygen atoms in total. The van der Waals surface area contributed by atoms with Crippen LogP contribution in [0, 0.1) is 6.92 Å². The minimum atomic E-state index is 0.00396. The smallest absolute Gasteiger partial charge is 0.0675 e. The summed E-state index contributed by atoms with van der Waals surface area (Å²) in [5.74, 6) is 5.49. The summed E-state index contributed by atoms with van der Waals surface area (Å²) in [4.78, 5) is 0. The molecule has 1 atom stereocenters. The fraction of sp³-hybridized carbons (Fsp3) is 0.273. The van der Waals surface area contributed by atoms with Crippen LogP contribution >= 0.6 is 15.9 Å². The zero-order valence-corrected chi connectivity index (χ0v) is 10.1. The summed E-state index contributed by atoms with van der Waals surface area (Å²) in [6, 6.07) is 6.19. The summed E-state index contributed by atoms with van der Waals surface area (Å²) in [5, 5.41) is 0. The highest BCUT2D eigenvalue weighted by Gasteiger charge is 2.13. The molecule has 3 heteroatoms. The second-order valence-electron chi connectivity index (χ2n) is 3.47. The van der Waals surface area contributed by atoms with Gasteiger partial charge in [-0.3, -0.25) is 5.84 Å². The predicted octanol–water partition coefficient (Wildman–Crippen LogP) is 2.84. The Kier molecular flexibility index (Phi) is 3.86. The lowest BCUT2D eigenvalue weighted by atomic mass is 10.00. The average Bonchev–Trinajstić information content (AvgIpc) is 2.11. The molecule has 1 aromatic rings. The van der Waals surface area contributed by atoms with Crippen molar-refractivity contribution < 1.29 is 0 Å². The number of halogens is 1. The number of aryl methyl sites for hydroxylation is 1. The summed E-state index contributed by atoms with van der Waals surface area (Å²) in [5.41, 5.74) is 6.09. The Morgan fingerprint density at radius 3 is 2.71 bits per heavy atom. The first kappa shape index (κ1) is 11.4. The van der Waals surface area contributed by atoms with Crippen molar-refractivity contribution in [2.45, 2.75) is 19.9 Å².